The fraction of sp³-hybridized carbons (Fsp3) is 0.278. The fourth-order valence-electron chi connectivity index (χ4n) is 2.26. The van der Waals surface area contributed by atoms with Crippen molar-refractivity contribution in [3.63, 3.8) is 0 Å². The zero-order valence-corrected chi connectivity index (χ0v) is 14.4. The highest BCUT2D eigenvalue weighted by Gasteiger charge is 2.15. The minimum atomic E-state index is -3.60. The maximum Gasteiger partial charge on any atom is 0.261 e. The Bertz CT molecular complexity index is 778. The third-order valence-electron chi connectivity index (χ3n) is 3.83. The number of ketones is 1. The van der Waals surface area contributed by atoms with Crippen LogP contribution >= 0.6 is 0 Å². The maximum atomic E-state index is 12.3. The molecule has 2 aromatic carbocycles. The van der Waals surface area contributed by atoms with Gasteiger partial charge in [-0.05, 0) is 36.8 Å². The summed E-state index contributed by atoms with van der Waals surface area (Å²) in [6.45, 7) is 5.60. The van der Waals surface area contributed by atoms with Crippen LogP contribution in [0.15, 0.2) is 53.4 Å². The van der Waals surface area contributed by atoms with Gasteiger partial charge in [0.25, 0.3) is 10.0 Å². The van der Waals surface area contributed by atoms with Crippen molar-refractivity contribution in [3.8, 4) is 0 Å². The molecule has 0 fully saturated rings. The quantitative estimate of drug-likeness (QED) is 0.874. The molecule has 122 valence electrons. The zero-order valence-electron chi connectivity index (χ0n) is 13.5. The first-order valence-electron chi connectivity index (χ1n) is 7.55. The lowest BCUT2D eigenvalue weighted by molar-refractivity contribution is -0.119. The van der Waals surface area contributed by atoms with E-state index in [1.54, 1.807) is 48.5 Å². The van der Waals surface area contributed by atoms with Crippen LogP contribution in [-0.4, -0.2) is 14.2 Å². The topological polar surface area (TPSA) is 63.2 Å². The van der Waals surface area contributed by atoms with Crippen molar-refractivity contribution < 1.29 is 13.2 Å². The minimum Gasteiger partial charge on any atom is -0.299 e. The van der Waals surface area contributed by atoms with Crippen LogP contribution in [-0.2, 0) is 14.8 Å². The third-order valence-corrected chi connectivity index (χ3v) is 5.22. The number of hydrogen-bond acceptors (Lipinski definition) is 3. The first-order chi connectivity index (χ1) is 10.8. The van der Waals surface area contributed by atoms with Gasteiger partial charge in [-0.25, -0.2) is 8.42 Å². The highest BCUT2D eigenvalue weighted by atomic mass is 32.2. The minimum absolute atomic E-state index is 0.165. The smallest absolute Gasteiger partial charge is 0.261 e. The van der Waals surface area contributed by atoms with Crippen molar-refractivity contribution in [2.75, 3.05) is 4.72 Å². The molecule has 5 heteroatoms. The Balaban J connectivity index is 2.17. The van der Waals surface area contributed by atoms with Gasteiger partial charge < -0.3 is 0 Å². The molecule has 0 saturated heterocycles. The number of benzene rings is 2. The number of Topliss-reactive ketones (excluding diaryl/α,β-unsaturated/α-hetero) is 1. The van der Waals surface area contributed by atoms with Crippen molar-refractivity contribution in [1.82, 2.24) is 0 Å². The molecule has 23 heavy (non-hydrogen) atoms. The normalized spacial score (nSPS) is 12.7. The molecule has 0 bridgehead atoms. The molecule has 4 nitrogen and oxygen atoms in total. The Labute approximate surface area is 137 Å². The summed E-state index contributed by atoms with van der Waals surface area (Å²) in [5, 5.41) is 0. The van der Waals surface area contributed by atoms with Gasteiger partial charge >= 0.3 is 0 Å². The molecule has 0 amide bonds. The van der Waals surface area contributed by atoms with E-state index < -0.39 is 10.0 Å². The standard InChI is InChI=1S/C18H21NO3S/c1-4-18(20)14(3)15-7-9-16(10-8-15)19-23(21,22)17-11-5-13(2)6-12-17/h5-12,14,19H,4H2,1-3H3. The number of sulfonamides is 1. The Kier molecular flexibility index (Phi) is 5.21. The maximum absolute atomic E-state index is 12.3. The second-order valence-electron chi connectivity index (χ2n) is 5.58. The van der Waals surface area contributed by atoms with E-state index >= 15 is 0 Å². The molecule has 0 aliphatic heterocycles. The second-order valence-corrected chi connectivity index (χ2v) is 7.26. The molecular formula is C18H21NO3S. The summed E-state index contributed by atoms with van der Waals surface area (Å²) in [6.07, 6.45) is 0.489. The molecule has 0 saturated carbocycles. The molecular weight excluding hydrogens is 310 g/mol. The highest BCUT2D eigenvalue weighted by molar-refractivity contribution is 7.92. The molecule has 2 aromatic rings. The number of carbonyl (C=O) groups excluding carboxylic acids is 1. The van der Waals surface area contributed by atoms with Gasteiger partial charge in [0.2, 0.25) is 0 Å². The van der Waals surface area contributed by atoms with Crippen LogP contribution in [0, 0.1) is 6.92 Å². The first kappa shape index (κ1) is 17.2. The van der Waals surface area contributed by atoms with Gasteiger partial charge in [0.15, 0.2) is 0 Å². The first-order valence-corrected chi connectivity index (χ1v) is 9.04. The molecule has 0 spiro atoms. The number of rotatable bonds is 6. The second kappa shape index (κ2) is 6.96. The summed E-state index contributed by atoms with van der Waals surface area (Å²) >= 11 is 0. The lowest BCUT2D eigenvalue weighted by atomic mass is 9.95. The van der Waals surface area contributed by atoms with Crippen LogP contribution in [0.4, 0.5) is 5.69 Å². The Morgan fingerprint density at radius 2 is 1.61 bits per heavy atom. The number of nitrogens with one attached hydrogen (secondary N) is 1. The average molecular weight is 331 g/mol. The van der Waals surface area contributed by atoms with Crippen molar-refractivity contribution in [1.29, 1.82) is 0 Å². The predicted molar refractivity (Wildman–Crippen MR) is 92.1 cm³/mol. The number of hydrogen-bond donors (Lipinski definition) is 1. The molecule has 0 aliphatic rings. The summed E-state index contributed by atoms with van der Waals surface area (Å²) in [6, 6.07) is 13.6. The van der Waals surface area contributed by atoms with Crippen molar-refractivity contribution in [3.05, 3.63) is 59.7 Å². The number of anilines is 1. The van der Waals surface area contributed by atoms with Gasteiger partial charge in [-0.1, -0.05) is 43.7 Å². The molecule has 0 heterocycles. The average Bonchev–Trinajstić information content (AvgIpc) is 2.54. The van der Waals surface area contributed by atoms with E-state index in [2.05, 4.69) is 4.72 Å². The largest absolute Gasteiger partial charge is 0.299 e. The van der Waals surface area contributed by atoms with Crippen LogP contribution in [0.5, 0.6) is 0 Å². The molecule has 0 aliphatic carbocycles. The Morgan fingerprint density at radius 3 is 2.13 bits per heavy atom. The summed E-state index contributed by atoms with van der Waals surface area (Å²) < 4.78 is 27.2. The summed E-state index contributed by atoms with van der Waals surface area (Å²) in [5.41, 5.74) is 2.36. The summed E-state index contributed by atoms with van der Waals surface area (Å²) in [7, 11) is -3.60. The van der Waals surface area contributed by atoms with E-state index in [9.17, 15) is 13.2 Å². The van der Waals surface area contributed by atoms with Gasteiger partial charge in [-0.3, -0.25) is 9.52 Å². The van der Waals surface area contributed by atoms with Crippen LogP contribution < -0.4 is 4.72 Å². The van der Waals surface area contributed by atoms with E-state index in [0.29, 0.717) is 12.1 Å². The fourth-order valence-corrected chi connectivity index (χ4v) is 3.32. The SMILES string of the molecule is CCC(=O)C(C)c1ccc(NS(=O)(=O)c2ccc(C)cc2)cc1. The Hall–Kier alpha value is -2.14. The van der Waals surface area contributed by atoms with Crippen molar-refractivity contribution in [2.45, 2.75) is 38.0 Å². The van der Waals surface area contributed by atoms with Gasteiger partial charge in [-0.2, -0.15) is 0 Å². The molecule has 0 aromatic heterocycles. The van der Waals surface area contributed by atoms with Gasteiger partial charge in [0, 0.05) is 18.0 Å². The van der Waals surface area contributed by atoms with Crippen molar-refractivity contribution in [2.24, 2.45) is 0 Å². The Morgan fingerprint density at radius 1 is 1.04 bits per heavy atom. The number of aryl methyl sites for hydroxylation is 1. The molecule has 0 radical (unpaired) electrons. The van der Waals surface area contributed by atoms with Crippen LogP contribution in [0.3, 0.4) is 0 Å². The van der Waals surface area contributed by atoms with Crippen molar-refractivity contribution >= 4 is 21.5 Å². The van der Waals surface area contributed by atoms with Crippen LogP contribution in [0.25, 0.3) is 0 Å². The van der Waals surface area contributed by atoms with E-state index in [0.717, 1.165) is 11.1 Å². The number of carbonyl (C=O) groups is 1. The molecule has 1 unspecified atom stereocenters. The molecule has 1 N–H and O–H groups in total. The van der Waals surface area contributed by atoms with Gasteiger partial charge in [0.1, 0.15) is 5.78 Å². The van der Waals surface area contributed by atoms with E-state index in [-0.39, 0.29) is 16.6 Å². The van der Waals surface area contributed by atoms with E-state index in [1.807, 2.05) is 20.8 Å². The molecule has 1 atom stereocenters. The lowest BCUT2D eigenvalue weighted by Gasteiger charge is -2.12. The van der Waals surface area contributed by atoms with Gasteiger partial charge in [-0.15, -0.1) is 0 Å². The summed E-state index contributed by atoms with van der Waals surface area (Å²) in [5.74, 6) is -0.0132. The zero-order chi connectivity index (χ0) is 17.0. The van der Waals surface area contributed by atoms with E-state index in [1.165, 1.54) is 0 Å². The van der Waals surface area contributed by atoms with E-state index in [4.69, 9.17) is 0 Å². The third kappa shape index (κ3) is 4.20. The summed E-state index contributed by atoms with van der Waals surface area (Å²) in [4.78, 5) is 12.0. The highest BCUT2D eigenvalue weighted by Crippen LogP contribution is 2.22. The van der Waals surface area contributed by atoms with Gasteiger partial charge in [0.05, 0.1) is 4.90 Å². The predicted octanol–water partition coefficient (Wildman–Crippen LogP) is 3.88. The monoisotopic (exact) mass is 331 g/mol. The molecule has 2 rings (SSSR count). The van der Waals surface area contributed by atoms with Crippen LogP contribution in [0.2, 0.25) is 0 Å². The lowest BCUT2D eigenvalue weighted by Crippen LogP contribution is -2.13. The van der Waals surface area contributed by atoms with Crippen LogP contribution in [0.1, 0.15) is 37.3 Å².